The van der Waals surface area contributed by atoms with Gasteiger partial charge in [0.1, 0.15) is 24.8 Å². The average molecular weight is 511 g/mol. The first kappa shape index (κ1) is 25.0. The number of primary amides is 1. The number of nitrogen functional groups attached to an aromatic ring is 1. The molecular formula is C25H26N4O6S. The highest BCUT2D eigenvalue weighted by molar-refractivity contribution is 7.91. The number of nitrogens with zero attached hydrogens (tertiary/aromatic N) is 2. The van der Waals surface area contributed by atoms with E-state index in [0.29, 0.717) is 42.4 Å². The van der Waals surface area contributed by atoms with E-state index in [1.807, 2.05) is 24.3 Å². The largest absolute Gasteiger partial charge is 0.491 e. The number of hydrogen-bond donors (Lipinski definition) is 2. The summed E-state index contributed by atoms with van der Waals surface area (Å²) in [5.74, 6) is 0.495. The number of amides is 2. The lowest BCUT2D eigenvalue weighted by atomic mass is 10.0. The van der Waals surface area contributed by atoms with Crippen molar-refractivity contribution in [2.75, 3.05) is 31.2 Å². The summed E-state index contributed by atoms with van der Waals surface area (Å²) in [6, 6.07) is 13.7. The van der Waals surface area contributed by atoms with Gasteiger partial charge in [0.15, 0.2) is 9.84 Å². The number of sulfone groups is 1. The first-order valence-corrected chi connectivity index (χ1v) is 12.8. The van der Waals surface area contributed by atoms with Crippen LogP contribution in [0, 0.1) is 6.92 Å². The second-order valence-corrected chi connectivity index (χ2v) is 10.4. The number of benzene rings is 2. The van der Waals surface area contributed by atoms with Crippen LogP contribution in [0.3, 0.4) is 0 Å². The zero-order valence-electron chi connectivity index (χ0n) is 19.6. The summed E-state index contributed by atoms with van der Waals surface area (Å²) in [5, 5.41) is 0. The fraction of sp³-hybridized carbons (Fsp3) is 0.240. The molecule has 0 spiro atoms. The molecule has 1 aliphatic rings. The van der Waals surface area contributed by atoms with Crippen LogP contribution in [0.25, 0.3) is 11.1 Å². The molecule has 2 amide bonds. The molecule has 2 aromatic carbocycles. The SMILES string of the molecule is Cc1cc(S(=O)(=O)CCOC(N)=O)ccc1C(=O)N1CCOc2ccc(-c3ccc(N)nc3)cc2C1. The summed E-state index contributed by atoms with van der Waals surface area (Å²) in [6.07, 6.45) is 0.652. The van der Waals surface area contributed by atoms with Crippen molar-refractivity contribution in [2.45, 2.75) is 18.4 Å². The van der Waals surface area contributed by atoms with E-state index in [-0.39, 0.29) is 17.4 Å². The normalized spacial score (nSPS) is 13.3. The molecule has 0 fully saturated rings. The topological polar surface area (TPSA) is 155 Å². The van der Waals surface area contributed by atoms with Crippen molar-refractivity contribution in [2.24, 2.45) is 5.73 Å². The van der Waals surface area contributed by atoms with E-state index >= 15 is 0 Å². The highest BCUT2D eigenvalue weighted by Crippen LogP contribution is 2.30. The fourth-order valence-electron chi connectivity index (χ4n) is 3.93. The van der Waals surface area contributed by atoms with Crippen molar-refractivity contribution in [3.05, 3.63) is 71.4 Å². The van der Waals surface area contributed by atoms with E-state index in [4.69, 9.17) is 16.2 Å². The minimum atomic E-state index is -3.72. The lowest BCUT2D eigenvalue weighted by Crippen LogP contribution is -2.33. The lowest BCUT2D eigenvalue weighted by Gasteiger charge is -2.21. The Hall–Kier alpha value is -4.12. The van der Waals surface area contributed by atoms with Gasteiger partial charge in [-0.25, -0.2) is 18.2 Å². The van der Waals surface area contributed by atoms with Crippen LogP contribution in [-0.4, -0.2) is 55.8 Å². The highest BCUT2D eigenvalue weighted by Gasteiger charge is 2.24. The van der Waals surface area contributed by atoms with E-state index in [1.165, 1.54) is 18.2 Å². The van der Waals surface area contributed by atoms with Crippen LogP contribution in [0.1, 0.15) is 21.5 Å². The molecule has 0 saturated heterocycles. The van der Waals surface area contributed by atoms with E-state index in [9.17, 15) is 18.0 Å². The maximum absolute atomic E-state index is 13.4. The van der Waals surface area contributed by atoms with Gasteiger partial charge in [0.25, 0.3) is 5.91 Å². The number of pyridine rings is 1. The van der Waals surface area contributed by atoms with E-state index in [0.717, 1.165) is 16.7 Å². The number of carbonyl (C=O) groups is 2. The van der Waals surface area contributed by atoms with Crippen LogP contribution in [0.2, 0.25) is 0 Å². The molecule has 2 heterocycles. The number of carbonyl (C=O) groups excluding carboxylic acids is 2. The third-order valence-corrected chi connectivity index (χ3v) is 7.51. The molecule has 4 N–H and O–H groups in total. The monoisotopic (exact) mass is 510 g/mol. The number of anilines is 1. The second-order valence-electron chi connectivity index (χ2n) is 8.33. The summed E-state index contributed by atoms with van der Waals surface area (Å²) in [7, 11) is -3.72. The molecule has 4 rings (SSSR count). The Labute approximate surface area is 208 Å². The van der Waals surface area contributed by atoms with E-state index in [1.54, 1.807) is 24.1 Å². The third kappa shape index (κ3) is 5.57. The molecule has 3 aromatic rings. The van der Waals surface area contributed by atoms with Crippen molar-refractivity contribution < 1.29 is 27.5 Å². The Morgan fingerprint density at radius 2 is 1.89 bits per heavy atom. The van der Waals surface area contributed by atoms with Crippen molar-refractivity contribution in [1.29, 1.82) is 0 Å². The molecule has 0 unspecified atom stereocenters. The predicted molar refractivity (Wildman–Crippen MR) is 133 cm³/mol. The van der Waals surface area contributed by atoms with Crippen molar-refractivity contribution >= 4 is 27.7 Å². The molecule has 188 valence electrons. The molecule has 0 saturated carbocycles. The van der Waals surface area contributed by atoms with Crippen molar-refractivity contribution in [3.63, 3.8) is 0 Å². The lowest BCUT2D eigenvalue weighted by molar-refractivity contribution is 0.0732. The van der Waals surface area contributed by atoms with Gasteiger partial charge in [-0.3, -0.25) is 4.79 Å². The molecule has 1 aliphatic heterocycles. The van der Waals surface area contributed by atoms with Crippen LogP contribution in [0.15, 0.2) is 59.6 Å². The van der Waals surface area contributed by atoms with Crippen LogP contribution in [0.4, 0.5) is 10.6 Å². The Morgan fingerprint density at radius 3 is 2.58 bits per heavy atom. The van der Waals surface area contributed by atoms with Gasteiger partial charge in [0.2, 0.25) is 0 Å². The number of fused-ring (bicyclic) bond motifs is 1. The number of aromatic nitrogens is 1. The summed E-state index contributed by atoms with van der Waals surface area (Å²) >= 11 is 0. The smallest absolute Gasteiger partial charge is 0.404 e. The summed E-state index contributed by atoms with van der Waals surface area (Å²) in [5.41, 5.74) is 14.1. The van der Waals surface area contributed by atoms with Gasteiger partial charge in [0.05, 0.1) is 17.2 Å². The summed E-state index contributed by atoms with van der Waals surface area (Å²) in [6.45, 7) is 2.36. The number of ether oxygens (including phenoxy) is 2. The maximum atomic E-state index is 13.4. The Morgan fingerprint density at radius 1 is 1.11 bits per heavy atom. The van der Waals surface area contributed by atoms with Gasteiger partial charge in [-0.15, -0.1) is 0 Å². The number of rotatable bonds is 6. The molecule has 0 atom stereocenters. The first-order chi connectivity index (χ1) is 17.1. The number of nitrogens with two attached hydrogens (primary N) is 2. The van der Waals surface area contributed by atoms with Gasteiger partial charge >= 0.3 is 6.09 Å². The predicted octanol–water partition coefficient (Wildman–Crippen LogP) is 2.54. The summed E-state index contributed by atoms with van der Waals surface area (Å²) in [4.78, 5) is 30.0. The standard InChI is InChI=1S/C25H26N4O6S/c1-16-12-20(36(32,33)11-10-35-25(27)31)4-5-21(16)24(30)29-8-9-34-22-6-2-17(13-19(22)15-29)18-3-7-23(26)28-14-18/h2-7,12-14H,8-11,15H2,1H3,(H2,26,28)(H2,27,31). The Balaban J connectivity index is 1.54. The minimum absolute atomic E-state index is 0.0379. The first-order valence-electron chi connectivity index (χ1n) is 11.2. The third-order valence-electron chi connectivity index (χ3n) is 5.83. The van der Waals surface area contributed by atoms with Crippen LogP contribution in [-0.2, 0) is 21.1 Å². The van der Waals surface area contributed by atoms with Gasteiger partial charge < -0.3 is 25.8 Å². The quantitative estimate of drug-likeness (QED) is 0.513. The second kappa shape index (κ2) is 10.2. The van der Waals surface area contributed by atoms with Gasteiger partial charge in [-0.05, 0) is 60.5 Å². The van der Waals surface area contributed by atoms with Gasteiger partial charge in [-0.2, -0.15) is 0 Å². The molecule has 1 aromatic heterocycles. The molecule has 10 nitrogen and oxygen atoms in total. The zero-order valence-corrected chi connectivity index (χ0v) is 20.5. The minimum Gasteiger partial charge on any atom is -0.491 e. The van der Waals surface area contributed by atoms with Gasteiger partial charge in [0, 0.05) is 29.4 Å². The van der Waals surface area contributed by atoms with Crippen LogP contribution in [0.5, 0.6) is 5.75 Å². The molecule has 0 aliphatic carbocycles. The number of aryl methyl sites for hydroxylation is 1. The van der Waals surface area contributed by atoms with E-state index in [2.05, 4.69) is 9.72 Å². The molecule has 11 heteroatoms. The maximum Gasteiger partial charge on any atom is 0.404 e. The van der Waals surface area contributed by atoms with Crippen molar-refractivity contribution in [1.82, 2.24) is 9.88 Å². The molecule has 36 heavy (non-hydrogen) atoms. The van der Waals surface area contributed by atoms with Crippen LogP contribution < -0.4 is 16.2 Å². The molecular weight excluding hydrogens is 484 g/mol. The summed E-state index contributed by atoms with van der Waals surface area (Å²) < 4.78 is 35.5. The van der Waals surface area contributed by atoms with Crippen molar-refractivity contribution in [3.8, 4) is 16.9 Å². The Kier molecular flexibility index (Phi) is 7.11. The molecule has 0 radical (unpaired) electrons. The van der Waals surface area contributed by atoms with E-state index < -0.39 is 21.7 Å². The highest BCUT2D eigenvalue weighted by atomic mass is 32.2. The fourth-order valence-corrected chi connectivity index (χ4v) is 5.10. The zero-order chi connectivity index (χ0) is 25.9. The van der Waals surface area contributed by atoms with Crippen LogP contribution >= 0.6 is 0 Å². The number of hydrogen-bond acceptors (Lipinski definition) is 8. The van der Waals surface area contributed by atoms with Gasteiger partial charge in [-0.1, -0.05) is 6.07 Å². The Bertz CT molecular complexity index is 1410. The molecule has 0 bridgehead atoms. The average Bonchev–Trinajstić information content (AvgIpc) is 3.05.